The van der Waals surface area contributed by atoms with E-state index in [4.69, 9.17) is 9.84 Å². The molecule has 1 rings (SSSR count). The lowest BCUT2D eigenvalue weighted by Crippen LogP contribution is -2.09. The molecular weight excluding hydrogens is 212 g/mol. The van der Waals surface area contributed by atoms with Gasteiger partial charge in [0.25, 0.3) is 5.69 Å². The van der Waals surface area contributed by atoms with E-state index in [1.54, 1.807) is 19.2 Å². The lowest BCUT2D eigenvalue weighted by Gasteiger charge is -2.07. The molecule has 0 saturated heterocycles. The van der Waals surface area contributed by atoms with Crippen LogP contribution in [0, 0.1) is 10.1 Å². The van der Waals surface area contributed by atoms with Crippen molar-refractivity contribution < 1.29 is 14.8 Å². The summed E-state index contributed by atoms with van der Waals surface area (Å²) in [5.41, 5.74) is 0.908. The number of rotatable bonds is 6. The summed E-state index contributed by atoms with van der Waals surface area (Å²) in [7, 11) is 1.56. The predicted octanol–water partition coefficient (Wildman–Crippen LogP) is 1.15. The fourth-order valence-electron chi connectivity index (χ4n) is 1.26. The fraction of sp³-hybridized carbons (Fsp3) is 0.400. The van der Waals surface area contributed by atoms with E-state index in [1.165, 1.54) is 6.07 Å². The van der Waals surface area contributed by atoms with Gasteiger partial charge in [0.05, 0.1) is 18.1 Å². The van der Waals surface area contributed by atoms with Crippen LogP contribution >= 0.6 is 0 Å². The smallest absolute Gasteiger partial charge is 0.292 e. The highest BCUT2D eigenvalue weighted by atomic mass is 16.6. The molecule has 0 fully saturated rings. The van der Waals surface area contributed by atoms with Crippen molar-refractivity contribution in [3.8, 4) is 0 Å². The second kappa shape index (κ2) is 6.04. The molecule has 6 heteroatoms. The highest BCUT2D eigenvalue weighted by Gasteiger charge is 2.13. The van der Waals surface area contributed by atoms with Crippen LogP contribution in [0.5, 0.6) is 0 Å². The van der Waals surface area contributed by atoms with E-state index in [0.29, 0.717) is 24.4 Å². The van der Waals surface area contributed by atoms with Gasteiger partial charge >= 0.3 is 0 Å². The summed E-state index contributed by atoms with van der Waals surface area (Å²) in [5, 5.41) is 22.6. The molecule has 88 valence electrons. The zero-order valence-corrected chi connectivity index (χ0v) is 8.97. The molecule has 16 heavy (non-hydrogen) atoms. The maximum atomic E-state index is 10.8. The van der Waals surface area contributed by atoms with E-state index < -0.39 is 4.92 Å². The summed E-state index contributed by atoms with van der Waals surface area (Å²) in [5.74, 6) is 0. The first-order valence-corrected chi connectivity index (χ1v) is 4.80. The van der Waals surface area contributed by atoms with Crippen LogP contribution in [-0.4, -0.2) is 30.3 Å². The number of methoxy groups -OCH3 is 1. The molecule has 0 amide bonds. The Balaban J connectivity index is 2.85. The number of nitro groups is 1. The maximum Gasteiger partial charge on any atom is 0.292 e. The Morgan fingerprint density at radius 3 is 2.88 bits per heavy atom. The molecule has 0 spiro atoms. The molecular formula is C10H14N2O4. The maximum absolute atomic E-state index is 10.8. The van der Waals surface area contributed by atoms with Crippen LogP contribution in [0.3, 0.4) is 0 Å². The third-order valence-electron chi connectivity index (χ3n) is 2.06. The predicted molar refractivity (Wildman–Crippen MR) is 59.4 cm³/mol. The molecule has 2 N–H and O–H groups in total. The standard InChI is InChI=1S/C10H14N2O4/c1-16-5-4-11-9-3-2-8(7-13)6-10(9)12(14)15/h2-3,6,11,13H,4-5,7H2,1H3. The molecule has 0 aliphatic rings. The average Bonchev–Trinajstić information content (AvgIpc) is 2.29. The number of benzene rings is 1. The van der Waals surface area contributed by atoms with Gasteiger partial charge in [0.1, 0.15) is 5.69 Å². The summed E-state index contributed by atoms with van der Waals surface area (Å²) < 4.78 is 4.84. The lowest BCUT2D eigenvalue weighted by atomic mass is 10.2. The molecule has 0 radical (unpaired) electrons. The zero-order chi connectivity index (χ0) is 12.0. The van der Waals surface area contributed by atoms with Gasteiger partial charge in [0, 0.05) is 19.7 Å². The van der Waals surface area contributed by atoms with Gasteiger partial charge in [0.15, 0.2) is 0 Å². The van der Waals surface area contributed by atoms with Crippen molar-refractivity contribution in [2.24, 2.45) is 0 Å². The minimum absolute atomic E-state index is 0.0392. The van der Waals surface area contributed by atoms with Gasteiger partial charge in [-0.25, -0.2) is 0 Å². The molecule has 0 aliphatic carbocycles. The van der Waals surface area contributed by atoms with Gasteiger partial charge in [0.2, 0.25) is 0 Å². The minimum Gasteiger partial charge on any atom is -0.392 e. The van der Waals surface area contributed by atoms with E-state index in [9.17, 15) is 10.1 Å². The first-order chi connectivity index (χ1) is 7.69. The van der Waals surface area contributed by atoms with Gasteiger partial charge in [-0.15, -0.1) is 0 Å². The third kappa shape index (κ3) is 3.18. The van der Waals surface area contributed by atoms with Crippen LogP contribution in [0.1, 0.15) is 5.56 Å². The van der Waals surface area contributed by atoms with Gasteiger partial charge < -0.3 is 15.2 Å². The summed E-state index contributed by atoms with van der Waals surface area (Å²) in [6.07, 6.45) is 0. The third-order valence-corrected chi connectivity index (χ3v) is 2.06. The topological polar surface area (TPSA) is 84.6 Å². The number of hydrogen-bond donors (Lipinski definition) is 2. The van der Waals surface area contributed by atoms with Gasteiger partial charge in [-0.2, -0.15) is 0 Å². The molecule has 1 aromatic rings. The van der Waals surface area contributed by atoms with Crippen molar-refractivity contribution in [3.63, 3.8) is 0 Å². The SMILES string of the molecule is COCCNc1ccc(CO)cc1[N+](=O)[O-]. The van der Waals surface area contributed by atoms with E-state index in [0.717, 1.165) is 0 Å². The fourth-order valence-corrected chi connectivity index (χ4v) is 1.26. The Bertz CT molecular complexity index is 368. The summed E-state index contributed by atoms with van der Waals surface area (Å²) in [6, 6.07) is 4.58. The van der Waals surface area contributed by atoms with Crippen molar-refractivity contribution in [2.45, 2.75) is 6.61 Å². The minimum atomic E-state index is -0.478. The van der Waals surface area contributed by atoms with E-state index in [2.05, 4.69) is 5.32 Å². The Morgan fingerprint density at radius 2 is 2.31 bits per heavy atom. The number of ether oxygens (including phenoxy) is 1. The van der Waals surface area contributed by atoms with Crippen LogP contribution in [-0.2, 0) is 11.3 Å². The van der Waals surface area contributed by atoms with Crippen LogP contribution in [0.4, 0.5) is 11.4 Å². The van der Waals surface area contributed by atoms with Crippen LogP contribution in [0.2, 0.25) is 0 Å². The van der Waals surface area contributed by atoms with Crippen molar-refractivity contribution in [1.82, 2.24) is 0 Å². The van der Waals surface area contributed by atoms with Crippen molar-refractivity contribution >= 4 is 11.4 Å². The average molecular weight is 226 g/mol. The number of anilines is 1. The normalized spacial score (nSPS) is 10.1. The first-order valence-electron chi connectivity index (χ1n) is 4.80. The number of nitrogens with zero attached hydrogens (tertiary/aromatic N) is 1. The van der Waals surface area contributed by atoms with Gasteiger partial charge in [-0.1, -0.05) is 6.07 Å². The number of hydrogen-bond acceptors (Lipinski definition) is 5. The Morgan fingerprint density at radius 1 is 1.56 bits per heavy atom. The lowest BCUT2D eigenvalue weighted by molar-refractivity contribution is -0.384. The van der Waals surface area contributed by atoms with E-state index in [-0.39, 0.29) is 12.3 Å². The number of nitro benzene ring substituents is 1. The highest BCUT2D eigenvalue weighted by molar-refractivity contribution is 5.62. The summed E-state index contributed by atoms with van der Waals surface area (Å²) in [4.78, 5) is 10.3. The first kappa shape index (κ1) is 12.4. The quantitative estimate of drug-likeness (QED) is 0.431. The summed E-state index contributed by atoms with van der Waals surface area (Å²) >= 11 is 0. The van der Waals surface area contributed by atoms with Crippen LogP contribution < -0.4 is 5.32 Å². The Labute approximate surface area is 93.0 Å². The highest BCUT2D eigenvalue weighted by Crippen LogP contribution is 2.25. The number of aliphatic hydroxyl groups is 1. The zero-order valence-electron chi connectivity index (χ0n) is 8.97. The second-order valence-corrected chi connectivity index (χ2v) is 3.19. The monoisotopic (exact) mass is 226 g/mol. The molecule has 0 aromatic heterocycles. The second-order valence-electron chi connectivity index (χ2n) is 3.19. The molecule has 6 nitrogen and oxygen atoms in total. The molecule has 0 unspecified atom stereocenters. The van der Waals surface area contributed by atoms with Crippen LogP contribution in [0.15, 0.2) is 18.2 Å². The Hall–Kier alpha value is -1.66. The van der Waals surface area contributed by atoms with Crippen LogP contribution in [0.25, 0.3) is 0 Å². The van der Waals surface area contributed by atoms with Gasteiger partial charge in [-0.05, 0) is 11.6 Å². The number of aliphatic hydroxyl groups excluding tert-OH is 1. The Kier molecular flexibility index (Phi) is 4.68. The molecule has 0 heterocycles. The molecule has 1 aromatic carbocycles. The molecule has 0 aliphatic heterocycles. The molecule has 0 saturated carbocycles. The van der Waals surface area contributed by atoms with E-state index >= 15 is 0 Å². The summed E-state index contributed by atoms with van der Waals surface area (Å²) in [6.45, 7) is 0.758. The van der Waals surface area contributed by atoms with Gasteiger partial charge in [-0.3, -0.25) is 10.1 Å². The van der Waals surface area contributed by atoms with E-state index in [1.807, 2.05) is 0 Å². The number of nitrogens with one attached hydrogen (secondary N) is 1. The molecule has 0 bridgehead atoms. The largest absolute Gasteiger partial charge is 0.392 e. The van der Waals surface area contributed by atoms with Crippen molar-refractivity contribution in [1.29, 1.82) is 0 Å². The van der Waals surface area contributed by atoms with Crippen molar-refractivity contribution in [2.75, 3.05) is 25.6 Å². The molecule has 0 atom stereocenters. The van der Waals surface area contributed by atoms with Crippen molar-refractivity contribution in [3.05, 3.63) is 33.9 Å².